The molecule has 2 aromatic heterocycles. The number of carbonyl (C=O) groups excluding carboxylic acids is 1. The molecule has 25 heavy (non-hydrogen) atoms. The Morgan fingerprint density at radius 1 is 1.32 bits per heavy atom. The lowest BCUT2D eigenvalue weighted by Crippen LogP contribution is -2.06. The van der Waals surface area contributed by atoms with Gasteiger partial charge in [0.05, 0.1) is 11.3 Å². The van der Waals surface area contributed by atoms with Gasteiger partial charge in [-0.3, -0.25) is 4.79 Å². The lowest BCUT2D eigenvalue weighted by atomic mass is 9.93. The lowest BCUT2D eigenvalue weighted by molar-refractivity contribution is 0.0972. The minimum Gasteiger partial charge on any atom is -0.364 e. The number of aryl methyl sites for hydroxylation is 3. The molecule has 1 aromatic carbocycles. The Morgan fingerprint density at radius 2 is 2.20 bits per heavy atom. The molecule has 0 fully saturated rings. The third kappa shape index (κ3) is 2.88. The summed E-state index contributed by atoms with van der Waals surface area (Å²) in [5.74, 6) is 1.59. The monoisotopic (exact) mass is 337 g/mol. The zero-order valence-electron chi connectivity index (χ0n) is 14.3. The van der Waals surface area contributed by atoms with Crippen molar-refractivity contribution in [2.75, 3.05) is 0 Å². The second-order valence-electron chi connectivity index (χ2n) is 6.46. The molecular formula is C19H19N3O3. The minimum atomic E-state index is 0.0893. The van der Waals surface area contributed by atoms with Gasteiger partial charge in [0.2, 0.25) is 11.7 Å². The molecule has 0 amide bonds. The molecule has 3 aromatic rings. The fourth-order valence-corrected chi connectivity index (χ4v) is 3.47. The number of aromatic nitrogens is 3. The number of carbonyl (C=O) groups is 1. The van der Waals surface area contributed by atoms with E-state index in [2.05, 4.69) is 27.4 Å². The van der Waals surface area contributed by atoms with Crippen LogP contribution in [0.1, 0.15) is 58.8 Å². The summed E-state index contributed by atoms with van der Waals surface area (Å²) in [6, 6.07) is 6.23. The van der Waals surface area contributed by atoms with Gasteiger partial charge in [0.15, 0.2) is 5.78 Å². The maximum atomic E-state index is 12.5. The van der Waals surface area contributed by atoms with E-state index < -0.39 is 0 Å². The van der Waals surface area contributed by atoms with Crippen molar-refractivity contribution in [3.05, 3.63) is 52.7 Å². The average Bonchev–Trinajstić information content (AvgIpc) is 3.34. The molecule has 0 bridgehead atoms. The van der Waals surface area contributed by atoms with Gasteiger partial charge in [-0.25, -0.2) is 0 Å². The molecule has 0 unspecified atom stereocenters. The molecule has 0 N–H and O–H groups in total. The van der Waals surface area contributed by atoms with Crippen LogP contribution < -0.4 is 0 Å². The average molecular weight is 337 g/mol. The van der Waals surface area contributed by atoms with Crippen molar-refractivity contribution in [3.63, 3.8) is 0 Å². The van der Waals surface area contributed by atoms with E-state index in [1.54, 1.807) is 6.92 Å². The van der Waals surface area contributed by atoms with E-state index in [4.69, 9.17) is 9.05 Å². The third-order valence-corrected chi connectivity index (χ3v) is 4.86. The predicted octanol–water partition coefficient (Wildman–Crippen LogP) is 3.90. The van der Waals surface area contributed by atoms with Crippen molar-refractivity contribution in [2.24, 2.45) is 0 Å². The molecule has 0 radical (unpaired) electrons. The van der Waals surface area contributed by atoms with Crippen molar-refractivity contribution in [3.8, 4) is 11.4 Å². The Labute approximate surface area is 145 Å². The Balaban J connectivity index is 1.55. The first-order chi connectivity index (χ1) is 12.2. The number of hydrogen-bond donors (Lipinski definition) is 0. The van der Waals surface area contributed by atoms with Crippen molar-refractivity contribution >= 4 is 5.78 Å². The van der Waals surface area contributed by atoms with Crippen LogP contribution in [-0.2, 0) is 12.8 Å². The zero-order chi connectivity index (χ0) is 17.4. The van der Waals surface area contributed by atoms with Gasteiger partial charge >= 0.3 is 0 Å². The van der Waals surface area contributed by atoms with Crippen molar-refractivity contribution in [1.29, 1.82) is 0 Å². The minimum absolute atomic E-state index is 0.0893. The van der Waals surface area contributed by atoms with Gasteiger partial charge in [-0.15, -0.1) is 0 Å². The Kier molecular flexibility index (Phi) is 3.95. The van der Waals surface area contributed by atoms with Gasteiger partial charge in [-0.1, -0.05) is 29.4 Å². The SMILES string of the molecule is CCc1nc(-c2ccc3c(c2)CC[C@H]3CC(=O)c2conc2C)no1. The smallest absolute Gasteiger partial charge is 0.226 e. The van der Waals surface area contributed by atoms with Crippen molar-refractivity contribution in [2.45, 2.75) is 45.4 Å². The third-order valence-electron chi connectivity index (χ3n) is 4.86. The van der Waals surface area contributed by atoms with Crippen LogP contribution in [-0.4, -0.2) is 21.1 Å². The first kappa shape index (κ1) is 15.7. The molecule has 1 aliphatic rings. The van der Waals surface area contributed by atoms with Crippen LogP contribution in [0.4, 0.5) is 0 Å². The number of hydrogen-bond acceptors (Lipinski definition) is 6. The summed E-state index contributed by atoms with van der Waals surface area (Å²) < 4.78 is 10.1. The van der Waals surface area contributed by atoms with Crippen LogP contribution in [0.5, 0.6) is 0 Å². The van der Waals surface area contributed by atoms with E-state index in [0.717, 1.165) is 24.8 Å². The Morgan fingerprint density at radius 3 is 2.92 bits per heavy atom. The molecule has 1 atom stereocenters. The summed E-state index contributed by atoms with van der Waals surface area (Å²) in [7, 11) is 0. The van der Waals surface area contributed by atoms with E-state index in [1.165, 1.54) is 17.4 Å². The predicted molar refractivity (Wildman–Crippen MR) is 90.4 cm³/mol. The molecule has 128 valence electrons. The molecule has 1 aliphatic carbocycles. The van der Waals surface area contributed by atoms with Crippen LogP contribution >= 0.6 is 0 Å². The zero-order valence-corrected chi connectivity index (χ0v) is 14.3. The summed E-state index contributed by atoms with van der Waals surface area (Å²) in [6.07, 6.45) is 4.59. The first-order valence-corrected chi connectivity index (χ1v) is 8.55. The van der Waals surface area contributed by atoms with Crippen LogP contribution in [0.3, 0.4) is 0 Å². The number of nitrogens with zero attached hydrogens (tertiary/aromatic N) is 3. The summed E-state index contributed by atoms with van der Waals surface area (Å²) >= 11 is 0. The largest absolute Gasteiger partial charge is 0.364 e. The quantitative estimate of drug-likeness (QED) is 0.657. The van der Waals surface area contributed by atoms with Crippen LogP contribution in [0.15, 0.2) is 33.5 Å². The van der Waals surface area contributed by atoms with Crippen LogP contribution in [0, 0.1) is 6.92 Å². The molecule has 0 aliphatic heterocycles. The van der Waals surface area contributed by atoms with Crippen LogP contribution in [0.2, 0.25) is 0 Å². The maximum Gasteiger partial charge on any atom is 0.226 e. The van der Waals surface area contributed by atoms with Gasteiger partial charge in [0, 0.05) is 18.4 Å². The van der Waals surface area contributed by atoms with Gasteiger partial charge in [0.1, 0.15) is 6.26 Å². The molecule has 4 rings (SSSR count). The second kappa shape index (κ2) is 6.27. The molecular weight excluding hydrogens is 318 g/mol. The van der Waals surface area contributed by atoms with E-state index in [0.29, 0.717) is 29.4 Å². The Bertz CT molecular complexity index is 926. The molecule has 2 heterocycles. The summed E-state index contributed by atoms with van der Waals surface area (Å²) in [6.45, 7) is 3.78. The molecule has 6 nitrogen and oxygen atoms in total. The fourth-order valence-electron chi connectivity index (χ4n) is 3.47. The number of fused-ring (bicyclic) bond motifs is 1. The Hall–Kier alpha value is -2.76. The van der Waals surface area contributed by atoms with Gasteiger partial charge in [0.25, 0.3) is 0 Å². The highest BCUT2D eigenvalue weighted by atomic mass is 16.5. The van der Waals surface area contributed by atoms with Gasteiger partial charge in [-0.2, -0.15) is 4.98 Å². The van der Waals surface area contributed by atoms with E-state index in [-0.39, 0.29) is 11.7 Å². The highest BCUT2D eigenvalue weighted by molar-refractivity contribution is 5.97. The molecule has 6 heteroatoms. The number of rotatable bonds is 5. The maximum absolute atomic E-state index is 12.5. The fraction of sp³-hybridized carbons (Fsp3) is 0.368. The highest BCUT2D eigenvalue weighted by Crippen LogP contribution is 2.38. The summed E-state index contributed by atoms with van der Waals surface area (Å²) in [5, 5.41) is 7.83. The molecule has 0 saturated carbocycles. The van der Waals surface area contributed by atoms with E-state index in [1.807, 2.05) is 13.0 Å². The second-order valence-corrected chi connectivity index (χ2v) is 6.46. The first-order valence-electron chi connectivity index (χ1n) is 8.55. The topological polar surface area (TPSA) is 82.0 Å². The molecule has 0 saturated heterocycles. The number of benzene rings is 1. The van der Waals surface area contributed by atoms with Crippen molar-refractivity contribution < 1.29 is 13.8 Å². The van der Waals surface area contributed by atoms with Crippen molar-refractivity contribution in [1.82, 2.24) is 15.3 Å². The summed E-state index contributed by atoms with van der Waals surface area (Å²) in [4.78, 5) is 16.9. The summed E-state index contributed by atoms with van der Waals surface area (Å²) in [5.41, 5.74) is 4.71. The van der Waals surface area contributed by atoms with Crippen LogP contribution in [0.25, 0.3) is 11.4 Å². The number of Topliss-reactive ketones (excluding diaryl/α,β-unsaturated/α-hetero) is 1. The van der Waals surface area contributed by atoms with Gasteiger partial charge in [-0.05, 0) is 42.9 Å². The van der Waals surface area contributed by atoms with Gasteiger partial charge < -0.3 is 9.05 Å². The van der Waals surface area contributed by atoms with E-state index >= 15 is 0 Å². The van der Waals surface area contributed by atoms with E-state index in [9.17, 15) is 4.79 Å². The normalized spacial score (nSPS) is 16.2. The standard InChI is InChI=1S/C19H19N3O3/c1-3-18-20-19(22-25-18)14-6-7-15-12(8-14)4-5-13(15)9-17(23)16-10-24-21-11(16)2/h6-8,10,13H,3-5,9H2,1-2H3/t13-/m0/s1. The lowest BCUT2D eigenvalue weighted by Gasteiger charge is -2.10. The number of ketones is 1. The molecule has 0 spiro atoms. The highest BCUT2D eigenvalue weighted by Gasteiger charge is 2.27.